The number of alkyl carbamates (subject to hydrolysis) is 1. The first-order valence-corrected chi connectivity index (χ1v) is 19.7. The zero-order valence-electron chi connectivity index (χ0n) is 31.7. The van der Waals surface area contributed by atoms with Gasteiger partial charge in [0.15, 0.2) is 0 Å². The Bertz CT molecular complexity index is 2190. The summed E-state index contributed by atoms with van der Waals surface area (Å²) in [4.78, 5) is 75.2. The summed E-state index contributed by atoms with van der Waals surface area (Å²) < 4.78 is 5.80. The number of rotatable bonds is 11. The lowest BCUT2D eigenvalue weighted by Crippen LogP contribution is -2.51. The second-order valence-corrected chi connectivity index (χ2v) is 15.6. The number of amides is 4. The first-order valence-electron chi connectivity index (χ1n) is 18.9. The number of carbonyl (C=O) groups excluding carboxylic acids is 4. The number of hydrogen-bond donors (Lipinski definition) is 4. The second-order valence-electron chi connectivity index (χ2n) is 14.5. The second kappa shape index (κ2) is 16.0. The molecule has 5 aromatic rings. The number of hydrogen-bond acceptors (Lipinski definition) is 9. The first-order chi connectivity index (χ1) is 26.5. The summed E-state index contributed by atoms with van der Waals surface area (Å²) in [5.41, 5.74) is 5.66. The summed E-state index contributed by atoms with van der Waals surface area (Å²) in [5.74, 6) is 0.910. The molecule has 7 rings (SSSR count). The number of methoxy groups -OCH3 is 1. The van der Waals surface area contributed by atoms with Crippen molar-refractivity contribution >= 4 is 45.4 Å². The van der Waals surface area contributed by atoms with Crippen LogP contribution in [0.15, 0.2) is 54.9 Å². The van der Waals surface area contributed by atoms with Crippen molar-refractivity contribution in [2.45, 2.75) is 84.0 Å². The van der Waals surface area contributed by atoms with E-state index < -0.39 is 18.2 Å². The number of nitrogens with zero attached hydrogens (tertiary/aromatic N) is 5. The smallest absolute Gasteiger partial charge is 0.407 e. The number of thiazole rings is 1. The minimum absolute atomic E-state index is 0.0711. The van der Waals surface area contributed by atoms with Gasteiger partial charge in [-0.05, 0) is 66.8 Å². The number of ether oxygens (including phenoxy) is 1. The molecule has 55 heavy (non-hydrogen) atoms. The highest BCUT2D eigenvalue weighted by atomic mass is 32.1. The largest absolute Gasteiger partial charge is 0.453 e. The van der Waals surface area contributed by atoms with Gasteiger partial charge in [-0.2, -0.15) is 0 Å². The Morgan fingerprint density at radius 3 is 2.07 bits per heavy atom. The fourth-order valence-corrected chi connectivity index (χ4v) is 8.59. The average molecular weight is 766 g/mol. The third kappa shape index (κ3) is 7.84. The van der Waals surface area contributed by atoms with E-state index in [9.17, 15) is 19.2 Å². The number of likely N-dealkylation sites (tertiary alicyclic amines) is 2. The van der Waals surface area contributed by atoms with Crippen molar-refractivity contribution in [3.8, 4) is 33.1 Å². The molecule has 14 nitrogen and oxygen atoms in total. The predicted octanol–water partition coefficient (Wildman–Crippen LogP) is 6.37. The average Bonchev–Trinajstić information content (AvgIpc) is 4.03. The van der Waals surface area contributed by atoms with Crippen LogP contribution in [0.1, 0.15) is 83.5 Å². The highest BCUT2D eigenvalue weighted by Crippen LogP contribution is 2.37. The van der Waals surface area contributed by atoms with E-state index in [-0.39, 0.29) is 35.7 Å². The quantitative estimate of drug-likeness (QED) is 0.120. The molecule has 0 bridgehead atoms. The lowest BCUT2D eigenvalue weighted by atomic mass is 10.0. The molecular weight excluding hydrogens is 719 g/mol. The molecule has 0 aliphatic carbocycles. The van der Waals surface area contributed by atoms with E-state index in [0.717, 1.165) is 74.8 Å². The van der Waals surface area contributed by atoms with Gasteiger partial charge in [0, 0.05) is 20.0 Å². The molecule has 1 unspecified atom stereocenters. The Morgan fingerprint density at radius 2 is 1.45 bits per heavy atom. The van der Waals surface area contributed by atoms with E-state index in [1.807, 2.05) is 37.9 Å². The van der Waals surface area contributed by atoms with E-state index in [4.69, 9.17) is 9.72 Å². The van der Waals surface area contributed by atoms with E-state index in [0.29, 0.717) is 25.3 Å². The lowest BCUT2D eigenvalue weighted by molar-refractivity contribution is -0.137. The topological polar surface area (TPSA) is 178 Å². The third-order valence-electron chi connectivity index (χ3n) is 10.5. The molecule has 5 heterocycles. The van der Waals surface area contributed by atoms with Gasteiger partial charge in [-0.1, -0.05) is 51.1 Å². The molecule has 0 saturated carbocycles. The van der Waals surface area contributed by atoms with Gasteiger partial charge in [-0.3, -0.25) is 14.4 Å². The van der Waals surface area contributed by atoms with Crippen molar-refractivity contribution in [2.24, 2.45) is 5.92 Å². The van der Waals surface area contributed by atoms with Crippen LogP contribution in [0.4, 0.5) is 4.79 Å². The molecule has 0 radical (unpaired) electrons. The molecule has 2 aromatic carbocycles. The summed E-state index contributed by atoms with van der Waals surface area (Å²) in [6.07, 6.45) is 6.80. The van der Waals surface area contributed by atoms with Crippen molar-refractivity contribution < 1.29 is 23.9 Å². The molecule has 0 spiro atoms. The Balaban J connectivity index is 1.04. The monoisotopic (exact) mass is 765 g/mol. The summed E-state index contributed by atoms with van der Waals surface area (Å²) in [5, 5.41) is 6.28. The van der Waals surface area contributed by atoms with Crippen LogP contribution in [0.5, 0.6) is 0 Å². The van der Waals surface area contributed by atoms with Gasteiger partial charge in [-0.25, -0.2) is 19.7 Å². The van der Waals surface area contributed by atoms with E-state index in [1.54, 1.807) is 22.4 Å². The molecule has 2 fully saturated rings. The van der Waals surface area contributed by atoms with Gasteiger partial charge in [0.2, 0.25) is 17.7 Å². The first kappa shape index (κ1) is 37.7. The summed E-state index contributed by atoms with van der Waals surface area (Å²) in [6, 6.07) is 12.9. The molecule has 4 atom stereocenters. The molecule has 2 aliphatic heterocycles. The Labute approximate surface area is 323 Å². The molecular formula is C40H47N9O5S. The fourth-order valence-electron chi connectivity index (χ4n) is 7.62. The van der Waals surface area contributed by atoms with Gasteiger partial charge in [0.25, 0.3) is 0 Å². The van der Waals surface area contributed by atoms with Gasteiger partial charge >= 0.3 is 6.09 Å². The van der Waals surface area contributed by atoms with Crippen LogP contribution < -0.4 is 10.6 Å². The number of imidazole rings is 2. The number of benzene rings is 2. The summed E-state index contributed by atoms with van der Waals surface area (Å²) in [6.45, 7) is 8.35. The Morgan fingerprint density at radius 1 is 0.855 bits per heavy atom. The minimum Gasteiger partial charge on any atom is -0.453 e. The molecule has 4 amide bonds. The maximum atomic E-state index is 13.6. The van der Waals surface area contributed by atoms with Crippen LogP contribution in [0.25, 0.3) is 43.3 Å². The number of fused-ring (bicyclic) bond motifs is 1. The van der Waals surface area contributed by atoms with Crippen molar-refractivity contribution in [3.05, 3.63) is 66.5 Å². The minimum atomic E-state index is -0.695. The normalized spacial score (nSPS) is 18.1. The highest BCUT2D eigenvalue weighted by Gasteiger charge is 2.38. The highest BCUT2D eigenvalue weighted by molar-refractivity contribution is 7.21. The predicted molar refractivity (Wildman–Crippen MR) is 210 cm³/mol. The van der Waals surface area contributed by atoms with Crippen LogP contribution in [-0.4, -0.2) is 90.8 Å². The van der Waals surface area contributed by atoms with Crippen molar-refractivity contribution in [1.29, 1.82) is 0 Å². The fraction of sp³-hybridized carbons (Fsp3) is 0.425. The Hall–Kier alpha value is -5.57. The maximum absolute atomic E-state index is 13.6. The van der Waals surface area contributed by atoms with Crippen LogP contribution in [-0.2, 0) is 19.1 Å². The molecule has 4 N–H and O–H groups in total. The van der Waals surface area contributed by atoms with E-state index in [2.05, 4.69) is 67.0 Å². The standard InChI is InChI=1S/C40H47N9O5S/c1-6-27(43-23(4)50)38(51)48-17-7-9-31(48)35-41-20-29(44-35)25-13-11-24(12-14-25)26-15-16-28-33(19-26)55-37(46-28)30-21-42-36(45-30)32-10-8-18-49(32)39(52)34(22(2)3)47-40(53)54-5/h11-16,19-22,27,31-32,34H,6-10,17-18H2,1-5H3,(H,41,44)(H,42,45)(H,43,50)(H,47,53)/t27-,31?,32-,34-/m0/s1. The van der Waals surface area contributed by atoms with Crippen LogP contribution >= 0.6 is 11.3 Å². The van der Waals surface area contributed by atoms with Crippen LogP contribution in [0.3, 0.4) is 0 Å². The van der Waals surface area contributed by atoms with Crippen molar-refractivity contribution in [2.75, 3.05) is 20.2 Å². The van der Waals surface area contributed by atoms with Crippen LogP contribution in [0.2, 0.25) is 0 Å². The molecule has 15 heteroatoms. The molecule has 288 valence electrons. The number of aromatic amines is 2. The number of aromatic nitrogens is 5. The van der Waals surface area contributed by atoms with Gasteiger partial charge in [0.1, 0.15) is 28.7 Å². The maximum Gasteiger partial charge on any atom is 0.407 e. The van der Waals surface area contributed by atoms with E-state index in [1.165, 1.54) is 14.0 Å². The van der Waals surface area contributed by atoms with Crippen molar-refractivity contribution in [1.82, 2.24) is 45.4 Å². The van der Waals surface area contributed by atoms with Gasteiger partial charge < -0.3 is 35.1 Å². The number of carbonyl (C=O) groups is 4. The van der Waals surface area contributed by atoms with Gasteiger partial charge in [0.05, 0.1) is 53.2 Å². The molecule has 2 aliphatic rings. The number of H-pyrrole nitrogens is 2. The SMILES string of the molecule is CC[C@H](NC(C)=O)C(=O)N1CCCC1c1ncc(-c2ccc(-c3ccc4nc(-c5cnc([C@@H]6CCCN6C(=O)[C@@H](NC(=O)OC)C(C)C)[nH]5)sc4c3)cc2)[nH]1. The van der Waals surface area contributed by atoms with Gasteiger partial charge in [-0.15, -0.1) is 11.3 Å². The molecule has 2 saturated heterocycles. The third-order valence-corrected chi connectivity index (χ3v) is 11.6. The van der Waals surface area contributed by atoms with E-state index >= 15 is 0 Å². The van der Waals surface area contributed by atoms with Crippen molar-refractivity contribution in [3.63, 3.8) is 0 Å². The zero-order valence-corrected chi connectivity index (χ0v) is 32.5. The zero-order chi connectivity index (χ0) is 38.8. The van der Waals surface area contributed by atoms with Crippen LogP contribution in [0, 0.1) is 5.92 Å². The molecule has 3 aromatic heterocycles. The lowest BCUT2D eigenvalue weighted by Gasteiger charge is -2.29. The Kier molecular flexibility index (Phi) is 11.0. The summed E-state index contributed by atoms with van der Waals surface area (Å²) >= 11 is 1.58. The summed E-state index contributed by atoms with van der Waals surface area (Å²) in [7, 11) is 1.29. The number of nitrogens with one attached hydrogen (secondary N) is 4.